The van der Waals surface area contributed by atoms with Gasteiger partial charge in [0, 0.05) is 39.0 Å². The molecule has 1 fully saturated rings. The van der Waals surface area contributed by atoms with Gasteiger partial charge in [-0.25, -0.2) is 0 Å². The van der Waals surface area contributed by atoms with Crippen LogP contribution in [-0.2, 0) is 22.6 Å². The monoisotopic (exact) mass is 314 g/mol. The first-order valence-corrected chi connectivity index (χ1v) is 8.77. The first kappa shape index (κ1) is 16.0. The van der Waals surface area contributed by atoms with Gasteiger partial charge in [-0.15, -0.1) is 0 Å². The number of hydrogen-bond donors (Lipinski definition) is 0. The minimum absolute atomic E-state index is 0.105. The molecule has 124 valence electrons. The van der Waals surface area contributed by atoms with Crippen molar-refractivity contribution in [1.82, 2.24) is 9.80 Å². The highest BCUT2D eigenvalue weighted by molar-refractivity contribution is 5.78. The fourth-order valence-corrected chi connectivity index (χ4v) is 3.90. The number of benzene rings is 1. The Hall–Kier alpha value is -1.84. The quantitative estimate of drug-likeness (QED) is 0.857. The molecule has 0 aromatic heterocycles. The molecule has 0 spiro atoms. The number of fused-ring (bicyclic) bond motifs is 1. The van der Waals surface area contributed by atoms with Gasteiger partial charge in [-0.05, 0) is 30.4 Å². The van der Waals surface area contributed by atoms with Crippen molar-refractivity contribution in [3.63, 3.8) is 0 Å². The van der Waals surface area contributed by atoms with E-state index in [9.17, 15) is 9.59 Å². The van der Waals surface area contributed by atoms with Crippen molar-refractivity contribution in [1.29, 1.82) is 0 Å². The molecule has 0 bridgehead atoms. The summed E-state index contributed by atoms with van der Waals surface area (Å²) in [6.45, 7) is 3.69. The van der Waals surface area contributed by atoms with E-state index in [4.69, 9.17) is 0 Å². The first-order valence-electron chi connectivity index (χ1n) is 8.77. The first-order chi connectivity index (χ1) is 11.1. The Morgan fingerprint density at radius 2 is 1.87 bits per heavy atom. The molecular weight excluding hydrogens is 288 g/mol. The maximum absolute atomic E-state index is 12.5. The maximum atomic E-state index is 12.5. The summed E-state index contributed by atoms with van der Waals surface area (Å²) < 4.78 is 0. The van der Waals surface area contributed by atoms with E-state index in [-0.39, 0.29) is 11.8 Å². The molecule has 1 aromatic rings. The summed E-state index contributed by atoms with van der Waals surface area (Å²) in [5, 5.41) is 0. The molecule has 3 rings (SSSR count). The number of carbonyl (C=O) groups excluding carboxylic acids is 2. The third-order valence-corrected chi connectivity index (χ3v) is 5.22. The average molecular weight is 314 g/mol. The van der Waals surface area contributed by atoms with Crippen LogP contribution in [0, 0.1) is 0 Å². The van der Waals surface area contributed by atoms with E-state index in [0.29, 0.717) is 25.6 Å². The van der Waals surface area contributed by atoms with Crippen LogP contribution in [0.1, 0.15) is 50.2 Å². The predicted octanol–water partition coefficient (Wildman–Crippen LogP) is 2.75. The summed E-state index contributed by atoms with van der Waals surface area (Å²) in [4.78, 5) is 28.3. The van der Waals surface area contributed by atoms with Crippen LogP contribution in [0.3, 0.4) is 0 Å². The van der Waals surface area contributed by atoms with Crippen molar-refractivity contribution in [3.05, 3.63) is 35.4 Å². The number of rotatable bonds is 4. The molecule has 0 unspecified atom stereocenters. The molecule has 2 amide bonds. The lowest BCUT2D eigenvalue weighted by Crippen LogP contribution is -2.42. The Kier molecular flexibility index (Phi) is 4.99. The minimum Gasteiger partial charge on any atom is -0.339 e. The third kappa shape index (κ3) is 3.74. The molecule has 4 heteroatoms. The van der Waals surface area contributed by atoms with Gasteiger partial charge in [0.25, 0.3) is 0 Å². The second-order valence-electron chi connectivity index (χ2n) is 6.73. The summed E-state index contributed by atoms with van der Waals surface area (Å²) in [6, 6.07) is 8.69. The molecule has 1 aliphatic heterocycles. The van der Waals surface area contributed by atoms with Gasteiger partial charge in [-0.3, -0.25) is 9.59 Å². The van der Waals surface area contributed by atoms with Crippen LogP contribution in [0.2, 0.25) is 0 Å². The van der Waals surface area contributed by atoms with E-state index >= 15 is 0 Å². The second-order valence-corrected chi connectivity index (χ2v) is 6.73. The third-order valence-electron chi connectivity index (χ3n) is 5.22. The molecule has 1 aromatic carbocycles. The van der Waals surface area contributed by atoms with E-state index in [1.807, 2.05) is 15.9 Å². The molecular formula is C19H26N2O2. The van der Waals surface area contributed by atoms with Gasteiger partial charge in [-0.2, -0.15) is 0 Å². The van der Waals surface area contributed by atoms with Crippen LogP contribution in [0.5, 0.6) is 0 Å². The summed E-state index contributed by atoms with van der Waals surface area (Å²) in [5.74, 6) is 0.275. The van der Waals surface area contributed by atoms with Gasteiger partial charge < -0.3 is 9.80 Å². The van der Waals surface area contributed by atoms with Gasteiger partial charge in [-0.1, -0.05) is 37.1 Å². The smallest absolute Gasteiger partial charge is 0.224 e. The Labute approximate surface area is 138 Å². The van der Waals surface area contributed by atoms with Crippen molar-refractivity contribution in [3.8, 4) is 0 Å². The second kappa shape index (κ2) is 7.16. The maximum Gasteiger partial charge on any atom is 0.224 e. The molecule has 0 atom stereocenters. The average Bonchev–Trinajstić information content (AvgIpc) is 3.08. The van der Waals surface area contributed by atoms with Gasteiger partial charge >= 0.3 is 0 Å². The molecule has 4 nitrogen and oxygen atoms in total. The van der Waals surface area contributed by atoms with Gasteiger partial charge in [0.1, 0.15) is 0 Å². The Balaban J connectivity index is 1.56. The highest BCUT2D eigenvalue weighted by atomic mass is 16.2. The fourth-order valence-electron chi connectivity index (χ4n) is 3.90. The van der Waals surface area contributed by atoms with Crippen LogP contribution in [-0.4, -0.2) is 40.7 Å². The van der Waals surface area contributed by atoms with E-state index in [1.165, 1.54) is 24.0 Å². The fraction of sp³-hybridized carbons (Fsp3) is 0.579. The van der Waals surface area contributed by atoms with Crippen LogP contribution >= 0.6 is 0 Å². The van der Waals surface area contributed by atoms with E-state index < -0.39 is 0 Å². The van der Waals surface area contributed by atoms with Crippen LogP contribution in [0.4, 0.5) is 0 Å². The lowest BCUT2D eigenvalue weighted by atomic mass is 10.00. The summed E-state index contributed by atoms with van der Waals surface area (Å²) >= 11 is 0. The molecule has 1 aliphatic carbocycles. The Morgan fingerprint density at radius 1 is 1.17 bits per heavy atom. The van der Waals surface area contributed by atoms with E-state index in [0.717, 1.165) is 25.8 Å². The zero-order chi connectivity index (χ0) is 16.2. The number of nitrogens with zero attached hydrogens (tertiary/aromatic N) is 2. The standard InChI is InChI=1S/C19H26N2O2/c1-15(22)21(18-8-4-5-9-18)13-11-19(23)20-12-10-16-6-2-3-7-17(16)14-20/h2-3,6-7,18H,4-5,8-14H2,1H3. The van der Waals surface area contributed by atoms with Crippen molar-refractivity contribution < 1.29 is 9.59 Å². The highest BCUT2D eigenvalue weighted by Gasteiger charge is 2.26. The lowest BCUT2D eigenvalue weighted by Gasteiger charge is -2.31. The summed E-state index contributed by atoms with van der Waals surface area (Å²) in [7, 11) is 0. The van der Waals surface area contributed by atoms with Crippen molar-refractivity contribution >= 4 is 11.8 Å². The van der Waals surface area contributed by atoms with Gasteiger partial charge in [0.15, 0.2) is 0 Å². The lowest BCUT2D eigenvalue weighted by molar-refractivity contribution is -0.135. The topological polar surface area (TPSA) is 40.6 Å². The largest absolute Gasteiger partial charge is 0.339 e. The Morgan fingerprint density at radius 3 is 2.57 bits per heavy atom. The van der Waals surface area contributed by atoms with Crippen molar-refractivity contribution in [2.45, 2.75) is 58.0 Å². The molecule has 23 heavy (non-hydrogen) atoms. The SMILES string of the molecule is CC(=O)N(CCC(=O)N1CCc2ccccc2C1)C1CCCC1. The van der Waals surface area contributed by atoms with Crippen molar-refractivity contribution in [2.75, 3.05) is 13.1 Å². The van der Waals surface area contributed by atoms with E-state index in [2.05, 4.69) is 18.2 Å². The molecule has 0 saturated heterocycles. The zero-order valence-corrected chi connectivity index (χ0v) is 14.0. The molecule has 0 radical (unpaired) electrons. The number of amides is 2. The van der Waals surface area contributed by atoms with Crippen molar-refractivity contribution in [2.24, 2.45) is 0 Å². The molecule has 0 N–H and O–H groups in total. The van der Waals surface area contributed by atoms with Crippen LogP contribution in [0.15, 0.2) is 24.3 Å². The van der Waals surface area contributed by atoms with Gasteiger partial charge in [0.2, 0.25) is 11.8 Å². The molecule has 2 aliphatic rings. The van der Waals surface area contributed by atoms with Gasteiger partial charge in [0.05, 0.1) is 0 Å². The van der Waals surface area contributed by atoms with Crippen LogP contribution in [0.25, 0.3) is 0 Å². The zero-order valence-electron chi connectivity index (χ0n) is 14.0. The van der Waals surface area contributed by atoms with E-state index in [1.54, 1.807) is 6.92 Å². The Bertz CT molecular complexity index is 578. The normalized spacial score (nSPS) is 17.9. The highest BCUT2D eigenvalue weighted by Crippen LogP contribution is 2.24. The molecule has 1 saturated carbocycles. The number of carbonyl (C=O) groups is 2. The molecule has 1 heterocycles. The number of hydrogen-bond acceptors (Lipinski definition) is 2. The summed E-state index contributed by atoms with van der Waals surface area (Å²) in [6.07, 6.45) is 5.95. The summed E-state index contributed by atoms with van der Waals surface area (Å²) in [5.41, 5.74) is 2.61. The predicted molar refractivity (Wildman–Crippen MR) is 89.8 cm³/mol. The van der Waals surface area contributed by atoms with Crippen LogP contribution < -0.4 is 0 Å². The minimum atomic E-state index is 0.105.